The third-order valence-electron chi connectivity index (χ3n) is 4.91. The van der Waals surface area contributed by atoms with Gasteiger partial charge < -0.3 is 14.7 Å². The van der Waals surface area contributed by atoms with E-state index in [-0.39, 0.29) is 31.3 Å². The SMILES string of the molecule is COCCCS(=O)(=O)NCC(=O)N1CCC(C(=O)O)(c2ccccc2)CC1. The number of carbonyl (C=O) groups excluding carboxylic acids is 1. The van der Waals surface area contributed by atoms with Gasteiger partial charge in [0.05, 0.1) is 17.7 Å². The lowest BCUT2D eigenvalue weighted by Gasteiger charge is -2.39. The van der Waals surface area contributed by atoms with Crippen LogP contribution in [0, 0.1) is 0 Å². The van der Waals surface area contributed by atoms with Gasteiger partial charge in [0.2, 0.25) is 15.9 Å². The molecule has 1 aliphatic heterocycles. The van der Waals surface area contributed by atoms with E-state index in [0.29, 0.717) is 25.9 Å². The monoisotopic (exact) mass is 398 g/mol. The number of carboxylic acids is 1. The lowest BCUT2D eigenvalue weighted by atomic mass is 9.73. The molecule has 1 fully saturated rings. The molecule has 150 valence electrons. The Hall–Kier alpha value is -1.97. The highest BCUT2D eigenvalue weighted by Gasteiger charge is 2.43. The quantitative estimate of drug-likeness (QED) is 0.589. The lowest BCUT2D eigenvalue weighted by Crippen LogP contribution is -2.51. The number of nitrogens with one attached hydrogen (secondary N) is 1. The predicted molar refractivity (Wildman–Crippen MR) is 99.9 cm³/mol. The van der Waals surface area contributed by atoms with Gasteiger partial charge >= 0.3 is 5.97 Å². The van der Waals surface area contributed by atoms with Crippen LogP contribution in [0.3, 0.4) is 0 Å². The molecule has 0 atom stereocenters. The number of methoxy groups -OCH3 is 1. The zero-order valence-electron chi connectivity index (χ0n) is 15.4. The summed E-state index contributed by atoms with van der Waals surface area (Å²) in [4.78, 5) is 25.8. The molecule has 1 aliphatic rings. The second kappa shape index (κ2) is 9.29. The molecule has 0 aliphatic carbocycles. The van der Waals surface area contributed by atoms with Crippen molar-refractivity contribution in [3.05, 3.63) is 35.9 Å². The van der Waals surface area contributed by atoms with E-state index in [4.69, 9.17) is 4.74 Å². The Morgan fingerprint density at radius 1 is 1.22 bits per heavy atom. The highest BCUT2D eigenvalue weighted by atomic mass is 32.2. The van der Waals surface area contributed by atoms with Crippen LogP contribution in [0.2, 0.25) is 0 Å². The molecule has 9 heteroatoms. The van der Waals surface area contributed by atoms with Crippen LogP contribution in [0.4, 0.5) is 0 Å². The van der Waals surface area contributed by atoms with Crippen molar-refractivity contribution in [3.8, 4) is 0 Å². The summed E-state index contributed by atoms with van der Waals surface area (Å²) < 4.78 is 30.8. The first-order chi connectivity index (χ1) is 12.8. The van der Waals surface area contributed by atoms with Crippen molar-refractivity contribution in [1.29, 1.82) is 0 Å². The van der Waals surface area contributed by atoms with Gasteiger partial charge in [-0.05, 0) is 24.8 Å². The van der Waals surface area contributed by atoms with E-state index in [1.807, 2.05) is 6.07 Å². The van der Waals surface area contributed by atoms with Gasteiger partial charge in [0.15, 0.2) is 0 Å². The molecule has 0 saturated carbocycles. The molecule has 1 aromatic carbocycles. The minimum atomic E-state index is -3.54. The fraction of sp³-hybridized carbons (Fsp3) is 0.556. The number of piperidine rings is 1. The minimum Gasteiger partial charge on any atom is -0.481 e. The van der Waals surface area contributed by atoms with Crippen molar-refractivity contribution in [2.45, 2.75) is 24.7 Å². The van der Waals surface area contributed by atoms with E-state index in [1.165, 1.54) is 12.0 Å². The van der Waals surface area contributed by atoms with Gasteiger partial charge in [-0.1, -0.05) is 30.3 Å². The van der Waals surface area contributed by atoms with Crippen molar-refractivity contribution >= 4 is 21.9 Å². The molecule has 8 nitrogen and oxygen atoms in total. The van der Waals surface area contributed by atoms with Crippen molar-refractivity contribution in [3.63, 3.8) is 0 Å². The molecule has 0 spiro atoms. The van der Waals surface area contributed by atoms with E-state index in [2.05, 4.69) is 4.72 Å². The van der Waals surface area contributed by atoms with Crippen molar-refractivity contribution in [2.75, 3.05) is 39.1 Å². The molecule has 2 rings (SSSR count). The third kappa shape index (κ3) is 5.50. The van der Waals surface area contributed by atoms with Gasteiger partial charge in [0.1, 0.15) is 0 Å². The maximum atomic E-state index is 12.3. The molecule has 0 radical (unpaired) electrons. The highest BCUT2D eigenvalue weighted by molar-refractivity contribution is 7.89. The number of hydrogen-bond donors (Lipinski definition) is 2. The van der Waals surface area contributed by atoms with E-state index < -0.39 is 21.4 Å². The van der Waals surface area contributed by atoms with Crippen LogP contribution in [-0.2, 0) is 29.8 Å². The topological polar surface area (TPSA) is 113 Å². The normalized spacial score (nSPS) is 16.9. The summed E-state index contributed by atoms with van der Waals surface area (Å²) in [5.74, 6) is -1.36. The lowest BCUT2D eigenvalue weighted by molar-refractivity contribution is -0.148. The summed E-state index contributed by atoms with van der Waals surface area (Å²) >= 11 is 0. The van der Waals surface area contributed by atoms with E-state index >= 15 is 0 Å². The van der Waals surface area contributed by atoms with E-state index in [1.54, 1.807) is 24.3 Å². The Kier molecular flexibility index (Phi) is 7.34. The summed E-state index contributed by atoms with van der Waals surface area (Å²) in [5, 5.41) is 9.77. The smallest absolute Gasteiger partial charge is 0.314 e. The second-order valence-electron chi connectivity index (χ2n) is 6.62. The first-order valence-electron chi connectivity index (χ1n) is 8.84. The number of nitrogens with zero attached hydrogens (tertiary/aromatic N) is 1. The van der Waals surface area contributed by atoms with Crippen molar-refractivity contribution in [1.82, 2.24) is 9.62 Å². The van der Waals surface area contributed by atoms with Crippen LogP contribution in [-0.4, -0.2) is 69.4 Å². The number of hydrogen-bond acceptors (Lipinski definition) is 5. The second-order valence-corrected chi connectivity index (χ2v) is 8.55. The Morgan fingerprint density at radius 2 is 1.85 bits per heavy atom. The number of carbonyl (C=O) groups is 2. The first-order valence-corrected chi connectivity index (χ1v) is 10.5. The molecule has 0 aromatic heterocycles. The van der Waals surface area contributed by atoms with Gasteiger partial charge in [-0.25, -0.2) is 13.1 Å². The number of rotatable bonds is 9. The first kappa shape index (κ1) is 21.3. The van der Waals surface area contributed by atoms with Crippen molar-refractivity contribution in [2.24, 2.45) is 0 Å². The standard InChI is InChI=1S/C18H26N2O6S/c1-26-12-5-13-27(24,25)19-14-16(21)20-10-8-18(9-11-20,17(22)23)15-6-3-2-4-7-15/h2-4,6-7,19H,5,8-14H2,1H3,(H,22,23). The summed E-state index contributed by atoms with van der Waals surface area (Å²) in [6.45, 7) is 0.551. The molecule has 1 amide bonds. The van der Waals surface area contributed by atoms with Gasteiger partial charge in [-0.15, -0.1) is 0 Å². The fourth-order valence-corrected chi connectivity index (χ4v) is 4.26. The number of ether oxygens (including phenoxy) is 1. The zero-order chi connectivity index (χ0) is 19.9. The molecular formula is C18H26N2O6S. The molecule has 1 aromatic rings. The Labute approximate surface area is 159 Å². The number of benzene rings is 1. The Morgan fingerprint density at radius 3 is 2.41 bits per heavy atom. The Balaban J connectivity index is 1.92. The largest absolute Gasteiger partial charge is 0.481 e. The van der Waals surface area contributed by atoms with Gasteiger partial charge in [-0.3, -0.25) is 9.59 Å². The summed E-state index contributed by atoms with van der Waals surface area (Å²) in [5.41, 5.74) is -0.291. The van der Waals surface area contributed by atoms with Gasteiger partial charge in [0.25, 0.3) is 0 Å². The summed E-state index contributed by atoms with van der Waals surface area (Å²) in [6.07, 6.45) is 0.930. The van der Waals surface area contributed by atoms with Crippen LogP contribution in [0.5, 0.6) is 0 Å². The number of aliphatic carboxylic acids is 1. The maximum absolute atomic E-state index is 12.3. The number of sulfonamides is 1. The third-order valence-corrected chi connectivity index (χ3v) is 6.32. The van der Waals surface area contributed by atoms with Crippen LogP contribution in [0.15, 0.2) is 30.3 Å². The van der Waals surface area contributed by atoms with Gasteiger partial charge in [-0.2, -0.15) is 0 Å². The molecule has 1 heterocycles. The van der Waals surface area contributed by atoms with E-state index in [9.17, 15) is 23.1 Å². The fourth-order valence-electron chi connectivity index (χ4n) is 3.27. The summed E-state index contributed by atoms with van der Waals surface area (Å²) in [6, 6.07) is 9.02. The summed E-state index contributed by atoms with van der Waals surface area (Å²) in [7, 11) is -2.05. The van der Waals surface area contributed by atoms with E-state index in [0.717, 1.165) is 5.56 Å². The van der Waals surface area contributed by atoms with Crippen LogP contribution >= 0.6 is 0 Å². The van der Waals surface area contributed by atoms with Crippen LogP contribution in [0.1, 0.15) is 24.8 Å². The molecule has 1 saturated heterocycles. The molecule has 0 unspecified atom stereocenters. The molecular weight excluding hydrogens is 372 g/mol. The average Bonchev–Trinajstić information content (AvgIpc) is 2.67. The van der Waals surface area contributed by atoms with Crippen LogP contribution < -0.4 is 4.72 Å². The number of amides is 1. The number of carboxylic acid groups (broad SMARTS) is 1. The Bertz CT molecular complexity index is 742. The molecule has 0 bridgehead atoms. The maximum Gasteiger partial charge on any atom is 0.314 e. The van der Waals surface area contributed by atoms with Crippen LogP contribution in [0.25, 0.3) is 0 Å². The highest BCUT2D eigenvalue weighted by Crippen LogP contribution is 2.35. The average molecular weight is 398 g/mol. The number of likely N-dealkylation sites (tertiary alicyclic amines) is 1. The van der Waals surface area contributed by atoms with Crippen molar-refractivity contribution < 1.29 is 27.9 Å². The minimum absolute atomic E-state index is 0.107. The molecule has 2 N–H and O–H groups in total. The zero-order valence-corrected chi connectivity index (χ0v) is 16.2. The predicted octanol–water partition coefficient (Wildman–Crippen LogP) is 0.587. The van der Waals surface area contributed by atoms with Gasteiger partial charge in [0, 0.05) is 26.8 Å². The molecule has 27 heavy (non-hydrogen) atoms.